The van der Waals surface area contributed by atoms with E-state index in [0.29, 0.717) is 16.5 Å². The minimum atomic E-state index is -0.209. The van der Waals surface area contributed by atoms with Crippen molar-refractivity contribution in [3.63, 3.8) is 0 Å². The second kappa shape index (κ2) is 9.14. The molecule has 1 unspecified atom stereocenters. The van der Waals surface area contributed by atoms with Gasteiger partial charge in [-0.2, -0.15) is 0 Å². The first-order valence-electron chi connectivity index (χ1n) is 7.99. The molecule has 0 saturated heterocycles. The summed E-state index contributed by atoms with van der Waals surface area (Å²) < 4.78 is 10.9. The van der Waals surface area contributed by atoms with Crippen LogP contribution < -0.4 is 14.8 Å². The van der Waals surface area contributed by atoms with E-state index in [1.165, 1.54) is 0 Å². The van der Waals surface area contributed by atoms with Crippen LogP contribution in [0.25, 0.3) is 0 Å². The summed E-state index contributed by atoms with van der Waals surface area (Å²) in [6, 6.07) is 12.8. The van der Waals surface area contributed by atoms with Crippen LogP contribution in [0.3, 0.4) is 0 Å². The van der Waals surface area contributed by atoms with Crippen LogP contribution in [0.1, 0.15) is 24.1 Å². The molecule has 1 N–H and O–H groups in total. The van der Waals surface area contributed by atoms with Crippen LogP contribution in [0.5, 0.6) is 11.5 Å². The van der Waals surface area contributed by atoms with Crippen LogP contribution in [-0.4, -0.2) is 19.6 Å². The minimum Gasteiger partial charge on any atom is -0.493 e. The molecule has 0 aliphatic rings. The zero-order valence-electron chi connectivity index (χ0n) is 14.4. The Balaban J connectivity index is 1.93. The second-order valence-electron chi connectivity index (χ2n) is 5.61. The molecular formula is C20H22ClNO3. The van der Waals surface area contributed by atoms with E-state index < -0.39 is 0 Å². The molecule has 2 aromatic rings. The van der Waals surface area contributed by atoms with Crippen LogP contribution in [-0.2, 0) is 11.2 Å². The maximum Gasteiger partial charge on any atom is 0.258 e. The fourth-order valence-corrected chi connectivity index (χ4v) is 2.51. The van der Waals surface area contributed by atoms with Crippen molar-refractivity contribution in [1.82, 2.24) is 5.32 Å². The van der Waals surface area contributed by atoms with Crippen molar-refractivity contribution in [2.24, 2.45) is 0 Å². The fraction of sp³-hybridized carbons (Fsp3) is 0.250. The average molecular weight is 360 g/mol. The van der Waals surface area contributed by atoms with Gasteiger partial charge in [-0.15, -0.1) is 6.58 Å². The number of methoxy groups -OCH3 is 1. The number of hydrogen-bond donors (Lipinski definition) is 1. The largest absolute Gasteiger partial charge is 0.493 e. The normalized spacial score (nSPS) is 11.5. The Morgan fingerprint density at radius 2 is 1.96 bits per heavy atom. The lowest BCUT2D eigenvalue weighted by molar-refractivity contribution is -0.123. The van der Waals surface area contributed by atoms with Crippen LogP contribution in [0, 0.1) is 0 Å². The summed E-state index contributed by atoms with van der Waals surface area (Å²) in [6.07, 6.45) is 2.57. The van der Waals surface area contributed by atoms with Crippen LogP contribution in [0.2, 0.25) is 5.02 Å². The third-order valence-corrected chi connectivity index (χ3v) is 3.97. The molecule has 0 saturated carbocycles. The molecule has 0 fully saturated rings. The first-order chi connectivity index (χ1) is 12.0. The van der Waals surface area contributed by atoms with E-state index in [4.69, 9.17) is 21.1 Å². The molecule has 25 heavy (non-hydrogen) atoms. The van der Waals surface area contributed by atoms with Crippen molar-refractivity contribution >= 4 is 17.5 Å². The number of hydrogen-bond acceptors (Lipinski definition) is 3. The van der Waals surface area contributed by atoms with Gasteiger partial charge in [0.15, 0.2) is 18.1 Å². The van der Waals surface area contributed by atoms with Gasteiger partial charge >= 0.3 is 0 Å². The highest BCUT2D eigenvalue weighted by atomic mass is 35.5. The monoisotopic (exact) mass is 359 g/mol. The number of nitrogens with one attached hydrogen (secondary N) is 1. The van der Waals surface area contributed by atoms with Gasteiger partial charge in [0.1, 0.15) is 0 Å². The highest BCUT2D eigenvalue weighted by Crippen LogP contribution is 2.28. The lowest BCUT2D eigenvalue weighted by atomic mass is 10.1. The fourth-order valence-electron chi connectivity index (χ4n) is 2.39. The Bertz CT molecular complexity index is 728. The summed E-state index contributed by atoms with van der Waals surface area (Å²) in [4.78, 5) is 12.1. The van der Waals surface area contributed by atoms with Crippen LogP contribution in [0.4, 0.5) is 0 Å². The van der Waals surface area contributed by atoms with E-state index in [9.17, 15) is 4.79 Å². The molecule has 2 aromatic carbocycles. The van der Waals surface area contributed by atoms with Gasteiger partial charge in [-0.1, -0.05) is 35.9 Å². The molecule has 0 aliphatic heterocycles. The molecule has 5 heteroatoms. The van der Waals surface area contributed by atoms with Gasteiger partial charge in [-0.25, -0.2) is 0 Å². The molecule has 1 atom stereocenters. The molecule has 0 aliphatic carbocycles. The predicted molar refractivity (Wildman–Crippen MR) is 100 cm³/mol. The number of carbonyl (C=O) groups is 1. The molecule has 0 heterocycles. The highest BCUT2D eigenvalue weighted by Gasteiger charge is 2.12. The molecule has 0 bridgehead atoms. The number of amides is 1. The Hall–Kier alpha value is -2.46. The van der Waals surface area contributed by atoms with Crippen molar-refractivity contribution in [2.45, 2.75) is 19.4 Å². The maximum absolute atomic E-state index is 12.1. The summed E-state index contributed by atoms with van der Waals surface area (Å²) in [5.74, 6) is 0.919. The Labute approximate surface area is 153 Å². The van der Waals surface area contributed by atoms with Crippen molar-refractivity contribution in [1.29, 1.82) is 0 Å². The van der Waals surface area contributed by atoms with Gasteiger partial charge in [-0.05, 0) is 48.7 Å². The number of carbonyl (C=O) groups excluding carboxylic acids is 1. The number of benzene rings is 2. The van der Waals surface area contributed by atoms with Gasteiger partial charge in [0, 0.05) is 5.02 Å². The molecule has 1 amide bonds. The number of halogens is 1. The van der Waals surface area contributed by atoms with Gasteiger partial charge in [-0.3, -0.25) is 4.79 Å². The number of allylic oxidation sites excluding steroid dienone is 1. The van der Waals surface area contributed by atoms with Gasteiger partial charge < -0.3 is 14.8 Å². The summed E-state index contributed by atoms with van der Waals surface area (Å²) in [7, 11) is 1.57. The average Bonchev–Trinajstić information content (AvgIpc) is 2.61. The van der Waals surface area contributed by atoms with Crippen LogP contribution in [0.15, 0.2) is 55.1 Å². The molecule has 0 aromatic heterocycles. The molecular weight excluding hydrogens is 338 g/mol. The van der Waals surface area contributed by atoms with Gasteiger partial charge in [0.25, 0.3) is 5.91 Å². The lowest BCUT2D eigenvalue weighted by Gasteiger charge is -2.16. The number of ether oxygens (including phenoxy) is 2. The third kappa shape index (κ3) is 5.54. The van der Waals surface area contributed by atoms with Crippen LogP contribution >= 0.6 is 11.6 Å². The molecule has 0 radical (unpaired) electrons. The van der Waals surface area contributed by atoms with E-state index >= 15 is 0 Å². The summed E-state index contributed by atoms with van der Waals surface area (Å²) in [5, 5.41) is 3.56. The predicted octanol–water partition coefficient (Wildman–Crippen LogP) is 4.33. The SMILES string of the molecule is C=CCc1ccc(OCC(=O)NC(C)c2ccc(Cl)cc2)c(OC)c1. The quantitative estimate of drug-likeness (QED) is 0.713. The molecule has 0 spiro atoms. The topological polar surface area (TPSA) is 47.6 Å². The van der Waals surface area contributed by atoms with Crippen molar-refractivity contribution in [2.75, 3.05) is 13.7 Å². The summed E-state index contributed by atoms with van der Waals surface area (Å²) in [6.45, 7) is 5.54. The third-order valence-electron chi connectivity index (χ3n) is 3.71. The zero-order valence-corrected chi connectivity index (χ0v) is 15.2. The van der Waals surface area contributed by atoms with E-state index in [1.54, 1.807) is 25.3 Å². The first-order valence-corrected chi connectivity index (χ1v) is 8.36. The van der Waals surface area contributed by atoms with E-state index in [1.807, 2.05) is 37.3 Å². The molecule has 2 rings (SSSR count). The van der Waals surface area contributed by atoms with E-state index in [0.717, 1.165) is 17.5 Å². The van der Waals surface area contributed by atoms with Crippen molar-refractivity contribution in [3.05, 3.63) is 71.3 Å². The highest BCUT2D eigenvalue weighted by molar-refractivity contribution is 6.30. The molecule has 4 nitrogen and oxygen atoms in total. The maximum atomic E-state index is 12.1. The summed E-state index contributed by atoms with van der Waals surface area (Å²) in [5.41, 5.74) is 2.05. The Kier molecular flexibility index (Phi) is 6.90. The smallest absolute Gasteiger partial charge is 0.258 e. The van der Waals surface area contributed by atoms with Gasteiger partial charge in [0.05, 0.1) is 13.2 Å². The van der Waals surface area contributed by atoms with E-state index in [-0.39, 0.29) is 18.6 Å². The second-order valence-corrected chi connectivity index (χ2v) is 6.04. The zero-order chi connectivity index (χ0) is 18.2. The van der Waals surface area contributed by atoms with Gasteiger partial charge in [0.2, 0.25) is 0 Å². The Morgan fingerprint density at radius 1 is 1.24 bits per heavy atom. The first kappa shape index (κ1) is 18.9. The Morgan fingerprint density at radius 3 is 2.60 bits per heavy atom. The lowest BCUT2D eigenvalue weighted by Crippen LogP contribution is -2.31. The molecule has 132 valence electrons. The summed E-state index contributed by atoms with van der Waals surface area (Å²) >= 11 is 5.87. The van der Waals surface area contributed by atoms with Crippen molar-refractivity contribution in [3.8, 4) is 11.5 Å². The number of rotatable bonds is 8. The van der Waals surface area contributed by atoms with E-state index in [2.05, 4.69) is 11.9 Å². The standard InChI is InChI=1S/C20H22ClNO3/c1-4-5-15-6-11-18(19(12-15)24-3)25-13-20(23)22-14(2)16-7-9-17(21)10-8-16/h4,6-12,14H,1,5,13H2,2-3H3,(H,22,23). The van der Waals surface area contributed by atoms with Crippen molar-refractivity contribution < 1.29 is 14.3 Å². The minimum absolute atomic E-state index is 0.0882.